The van der Waals surface area contributed by atoms with E-state index in [0.717, 1.165) is 19.3 Å². The molecule has 0 aromatic rings. The number of amides is 1. The molecule has 15 heavy (non-hydrogen) atoms. The van der Waals surface area contributed by atoms with Gasteiger partial charge in [-0.2, -0.15) is 0 Å². The maximum absolute atomic E-state index is 11.8. The van der Waals surface area contributed by atoms with Crippen molar-refractivity contribution in [1.82, 2.24) is 5.32 Å². The molecular formula is C11H21Cl2NO. The fourth-order valence-electron chi connectivity index (χ4n) is 1.33. The first kappa shape index (κ1) is 15.0. The molecule has 1 N–H and O–H groups in total. The van der Waals surface area contributed by atoms with E-state index in [1.54, 1.807) is 0 Å². The van der Waals surface area contributed by atoms with Crippen LogP contribution in [0, 0.1) is 5.92 Å². The summed E-state index contributed by atoms with van der Waals surface area (Å²) in [5.74, 6) is 0.808. The van der Waals surface area contributed by atoms with Crippen LogP contribution in [0.1, 0.15) is 40.0 Å². The maximum atomic E-state index is 11.8. The highest BCUT2D eigenvalue weighted by Crippen LogP contribution is 2.16. The van der Waals surface area contributed by atoms with Crippen molar-refractivity contribution in [3.8, 4) is 0 Å². The highest BCUT2D eigenvalue weighted by Gasteiger charge is 2.29. The van der Waals surface area contributed by atoms with Crippen LogP contribution in [0.25, 0.3) is 0 Å². The lowest BCUT2D eigenvalue weighted by molar-refractivity contribution is -0.126. The van der Waals surface area contributed by atoms with Crippen molar-refractivity contribution in [2.24, 2.45) is 5.92 Å². The Morgan fingerprint density at radius 1 is 1.33 bits per heavy atom. The van der Waals surface area contributed by atoms with Crippen LogP contribution >= 0.6 is 23.2 Å². The zero-order valence-corrected chi connectivity index (χ0v) is 11.3. The van der Waals surface area contributed by atoms with Crippen LogP contribution in [-0.4, -0.2) is 23.2 Å². The van der Waals surface area contributed by atoms with Crippen molar-refractivity contribution in [2.45, 2.75) is 45.6 Å². The van der Waals surface area contributed by atoms with E-state index >= 15 is 0 Å². The van der Waals surface area contributed by atoms with Crippen LogP contribution in [0.3, 0.4) is 0 Å². The highest BCUT2D eigenvalue weighted by atomic mass is 35.5. The summed E-state index contributed by atoms with van der Waals surface area (Å²) in [6, 6.07) is 0. The molecule has 0 saturated carbocycles. The second-order valence-electron chi connectivity index (χ2n) is 4.08. The predicted octanol–water partition coefficient (Wildman–Crippen LogP) is 3.17. The molecule has 0 bridgehead atoms. The first-order valence-electron chi connectivity index (χ1n) is 5.49. The molecule has 2 nitrogen and oxygen atoms in total. The van der Waals surface area contributed by atoms with Gasteiger partial charge in [-0.15, -0.1) is 23.2 Å². The van der Waals surface area contributed by atoms with E-state index in [1.165, 1.54) is 0 Å². The van der Waals surface area contributed by atoms with E-state index in [9.17, 15) is 4.79 Å². The number of alkyl halides is 2. The molecule has 0 aromatic carbocycles. The Morgan fingerprint density at radius 2 is 1.87 bits per heavy atom. The van der Waals surface area contributed by atoms with E-state index in [1.807, 2.05) is 13.8 Å². The Balaban J connectivity index is 4.34. The number of hydrogen-bond donors (Lipinski definition) is 1. The van der Waals surface area contributed by atoms with Crippen LogP contribution in [-0.2, 0) is 4.79 Å². The van der Waals surface area contributed by atoms with Crippen LogP contribution < -0.4 is 5.32 Å². The van der Waals surface area contributed by atoms with E-state index in [2.05, 4.69) is 12.2 Å². The Labute approximate surface area is 103 Å². The molecule has 0 spiro atoms. The van der Waals surface area contributed by atoms with Crippen molar-refractivity contribution in [2.75, 3.05) is 11.8 Å². The van der Waals surface area contributed by atoms with Gasteiger partial charge in [0.15, 0.2) is 0 Å². The average Bonchev–Trinajstić information content (AvgIpc) is 2.26. The molecular weight excluding hydrogens is 233 g/mol. The highest BCUT2D eigenvalue weighted by molar-refractivity contribution is 6.22. The van der Waals surface area contributed by atoms with Gasteiger partial charge in [-0.05, 0) is 12.8 Å². The number of carbonyl (C=O) groups is 1. The molecule has 0 aliphatic carbocycles. The number of rotatable bonds is 7. The van der Waals surface area contributed by atoms with Gasteiger partial charge < -0.3 is 5.32 Å². The molecule has 1 unspecified atom stereocenters. The molecule has 4 heteroatoms. The molecule has 0 aliphatic rings. The second kappa shape index (κ2) is 7.34. The van der Waals surface area contributed by atoms with Gasteiger partial charge >= 0.3 is 0 Å². The summed E-state index contributed by atoms with van der Waals surface area (Å²) in [4.78, 5) is 11.8. The number of nitrogens with one attached hydrogen (secondary N) is 1. The third-order valence-corrected chi connectivity index (χ3v) is 3.77. The first-order valence-corrected chi connectivity index (χ1v) is 6.56. The summed E-state index contributed by atoms with van der Waals surface area (Å²) in [6.07, 6.45) is 2.66. The topological polar surface area (TPSA) is 29.1 Å². The smallest absolute Gasteiger partial charge is 0.223 e. The molecule has 1 amide bonds. The van der Waals surface area contributed by atoms with E-state index in [4.69, 9.17) is 23.2 Å². The lowest BCUT2D eigenvalue weighted by Gasteiger charge is -2.30. The van der Waals surface area contributed by atoms with Crippen molar-refractivity contribution in [3.05, 3.63) is 0 Å². The van der Waals surface area contributed by atoms with E-state index < -0.39 is 5.54 Å². The van der Waals surface area contributed by atoms with Gasteiger partial charge in [0.25, 0.3) is 0 Å². The van der Waals surface area contributed by atoms with Crippen molar-refractivity contribution in [1.29, 1.82) is 0 Å². The number of carbonyl (C=O) groups excluding carboxylic acids is 1. The van der Waals surface area contributed by atoms with Gasteiger partial charge in [-0.25, -0.2) is 0 Å². The molecule has 0 heterocycles. The normalized spacial score (nSPS) is 13.7. The zero-order chi connectivity index (χ0) is 11.9. The van der Waals surface area contributed by atoms with Crippen molar-refractivity contribution >= 4 is 29.1 Å². The third-order valence-electron chi connectivity index (χ3n) is 2.75. The minimum atomic E-state index is -0.442. The largest absolute Gasteiger partial charge is 0.348 e. The van der Waals surface area contributed by atoms with Gasteiger partial charge in [0, 0.05) is 17.7 Å². The van der Waals surface area contributed by atoms with Gasteiger partial charge in [-0.3, -0.25) is 4.79 Å². The molecule has 0 aromatic heterocycles. The lowest BCUT2D eigenvalue weighted by Crippen LogP contribution is -2.52. The van der Waals surface area contributed by atoms with E-state index in [-0.39, 0.29) is 11.8 Å². The van der Waals surface area contributed by atoms with Gasteiger partial charge in [0.05, 0.1) is 5.54 Å². The minimum Gasteiger partial charge on any atom is -0.348 e. The van der Waals surface area contributed by atoms with Crippen LogP contribution in [0.5, 0.6) is 0 Å². The molecule has 0 aliphatic heterocycles. The standard InChI is InChI=1S/C11H21Cl2NO/c1-4-6-9(3)10(15)14-11(5-2,7-12)8-13/h9H,4-8H2,1-3H3,(H,14,15). The van der Waals surface area contributed by atoms with Crippen molar-refractivity contribution < 1.29 is 4.79 Å². The monoisotopic (exact) mass is 253 g/mol. The summed E-state index contributed by atoms with van der Waals surface area (Å²) < 4.78 is 0. The Hall–Kier alpha value is 0.0500. The Bertz CT molecular complexity index is 185. The number of halogens is 2. The zero-order valence-electron chi connectivity index (χ0n) is 9.78. The third kappa shape index (κ3) is 4.60. The van der Waals surface area contributed by atoms with Crippen LogP contribution in [0.2, 0.25) is 0 Å². The van der Waals surface area contributed by atoms with Crippen LogP contribution in [0.4, 0.5) is 0 Å². The average molecular weight is 254 g/mol. The van der Waals surface area contributed by atoms with Crippen molar-refractivity contribution in [3.63, 3.8) is 0 Å². The SMILES string of the molecule is CCCC(C)C(=O)NC(CC)(CCl)CCl. The number of hydrogen-bond acceptors (Lipinski definition) is 1. The van der Waals surface area contributed by atoms with E-state index in [0.29, 0.717) is 11.8 Å². The molecule has 0 rings (SSSR count). The Morgan fingerprint density at radius 3 is 2.20 bits per heavy atom. The maximum Gasteiger partial charge on any atom is 0.223 e. The minimum absolute atomic E-state index is 0.0346. The fraction of sp³-hybridized carbons (Fsp3) is 0.909. The van der Waals surface area contributed by atoms with Gasteiger partial charge in [0.2, 0.25) is 5.91 Å². The molecule has 1 atom stereocenters. The Kier molecular flexibility index (Phi) is 7.37. The molecule has 0 fully saturated rings. The quantitative estimate of drug-likeness (QED) is 0.695. The summed E-state index contributed by atoms with van der Waals surface area (Å²) in [5.41, 5.74) is -0.442. The second-order valence-corrected chi connectivity index (χ2v) is 4.61. The fourth-order valence-corrected chi connectivity index (χ4v) is 2.13. The summed E-state index contributed by atoms with van der Waals surface area (Å²) >= 11 is 11.7. The summed E-state index contributed by atoms with van der Waals surface area (Å²) in [5, 5.41) is 2.96. The van der Waals surface area contributed by atoms with Gasteiger partial charge in [0.1, 0.15) is 0 Å². The van der Waals surface area contributed by atoms with Gasteiger partial charge in [-0.1, -0.05) is 27.2 Å². The molecule has 0 saturated heterocycles. The predicted molar refractivity (Wildman–Crippen MR) is 66.7 cm³/mol. The summed E-state index contributed by atoms with van der Waals surface area (Å²) in [7, 11) is 0. The molecule has 0 radical (unpaired) electrons. The lowest BCUT2D eigenvalue weighted by atomic mass is 9.98. The molecule has 90 valence electrons. The first-order chi connectivity index (χ1) is 7.05. The summed E-state index contributed by atoms with van der Waals surface area (Å²) in [6.45, 7) is 5.98. The van der Waals surface area contributed by atoms with Crippen LogP contribution in [0.15, 0.2) is 0 Å².